The zero-order chi connectivity index (χ0) is 13.7. The van der Waals surface area contributed by atoms with Crippen molar-refractivity contribution in [3.8, 4) is 5.75 Å². The van der Waals surface area contributed by atoms with E-state index in [0.717, 1.165) is 17.9 Å². The molecule has 100 valence electrons. The third-order valence-electron chi connectivity index (χ3n) is 3.25. The van der Waals surface area contributed by atoms with Crippen LogP contribution in [-0.2, 0) is 6.42 Å². The monoisotopic (exact) mass is 256 g/mol. The van der Waals surface area contributed by atoms with Crippen LogP contribution in [0.4, 0.5) is 0 Å². The van der Waals surface area contributed by atoms with Crippen LogP contribution in [0.1, 0.15) is 22.9 Å². The molecule has 0 spiro atoms. The second-order valence-corrected chi connectivity index (χ2v) is 4.62. The number of aryl methyl sites for hydroxylation is 1. The van der Waals surface area contributed by atoms with Gasteiger partial charge in [0, 0.05) is 6.20 Å². The lowest BCUT2D eigenvalue weighted by Crippen LogP contribution is -2.20. The molecular formula is C16H20N2O. The molecule has 3 nitrogen and oxygen atoms in total. The molecule has 0 bridgehead atoms. The van der Waals surface area contributed by atoms with Crippen LogP contribution in [0.5, 0.6) is 5.75 Å². The van der Waals surface area contributed by atoms with Gasteiger partial charge in [-0.3, -0.25) is 4.98 Å². The summed E-state index contributed by atoms with van der Waals surface area (Å²) in [7, 11) is 3.67. The molecule has 1 aromatic carbocycles. The van der Waals surface area contributed by atoms with Crippen molar-refractivity contribution in [1.29, 1.82) is 0 Å². The summed E-state index contributed by atoms with van der Waals surface area (Å²) >= 11 is 0. The quantitative estimate of drug-likeness (QED) is 0.893. The molecule has 2 rings (SSSR count). The van der Waals surface area contributed by atoms with Crippen molar-refractivity contribution in [1.82, 2.24) is 10.3 Å². The molecule has 3 heteroatoms. The summed E-state index contributed by atoms with van der Waals surface area (Å²) in [5.41, 5.74) is 3.49. The number of ether oxygens (including phenoxy) is 1. The Morgan fingerprint density at radius 1 is 1.26 bits per heavy atom. The topological polar surface area (TPSA) is 34.1 Å². The highest BCUT2D eigenvalue weighted by molar-refractivity contribution is 5.38. The first-order valence-electron chi connectivity index (χ1n) is 6.46. The average molecular weight is 256 g/mol. The first-order valence-corrected chi connectivity index (χ1v) is 6.46. The second kappa shape index (κ2) is 6.34. The van der Waals surface area contributed by atoms with Gasteiger partial charge >= 0.3 is 0 Å². The lowest BCUT2D eigenvalue weighted by atomic mass is 10.0. The molecule has 0 aliphatic heterocycles. The summed E-state index contributed by atoms with van der Waals surface area (Å²) in [5.74, 6) is 0.932. The van der Waals surface area contributed by atoms with Gasteiger partial charge in [0.15, 0.2) is 0 Å². The molecule has 0 radical (unpaired) electrons. The number of hydrogen-bond donors (Lipinski definition) is 1. The zero-order valence-corrected chi connectivity index (χ0v) is 11.7. The molecule has 1 N–H and O–H groups in total. The summed E-state index contributed by atoms with van der Waals surface area (Å²) in [6, 6.07) is 12.4. The number of pyridine rings is 1. The van der Waals surface area contributed by atoms with Crippen LogP contribution in [0.3, 0.4) is 0 Å². The maximum atomic E-state index is 5.43. The van der Waals surface area contributed by atoms with Crippen molar-refractivity contribution in [3.63, 3.8) is 0 Å². The Labute approximate surface area is 114 Å². The molecule has 0 saturated carbocycles. The number of benzene rings is 1. The van der Waals surface area contributed by atoms with Gasteiger partial charge in [0.2, 0.25) is 0 Å². The van der Waals surface area contributed by atoms with Crippen molar-refractivity contribution in [2.45, 2.75) is 19.4 Å². The SMILES string of the molecule is CNC(Cc1cc(C)ccc1OC)c1ccccn1. The molecule has 19 heavy (non-hydrogen) atoms. The minimum atomic E-state index is 0.192. The molecule has 1 heterocycles. The van der Waals surface area contributed by atoms with E-state index in [4.69, 9.17) is 4.74 Å². The highest BCUT2D eigenvalue weighted by Crippen LogP contribution is 2.25. The Bertz CT molecular complexity index is 526. The van der Waals surface area contributed by atoms with Crippen molar-refractivity contribution < 1.29 is 4.74 Å². The van der Waals surface area contributed by atoms with Gasteiger partial charge in [0.25, 0.3) is 0 Å². The zero-order valence-electron chi connectivity index (χ0n) is 11.7. The summed E-state index contributed by atoms with van der Waals surface area (Å²) in [6.07, 6.45) is 2.69. The van der Waals surface area contributed by atoms with Crippen molar-refractivity contribution in [3.05, 3.63) is 59.4 Å². The van der Waals surface area contributed by atoms with E-state index in [1.54, 1.807) is 7.11 Å². The highest BCUT2D eigenvalue weighted by atomic mass is 16.5. The number of methoxy groups -OCH3 is 1. The predicted octanol–water partition coefficient (Wildman–Crippen LogP) is 2.90. The number of nitrogens with zero attached hydrogens (tertiary/aromatic N) is 1. The fourth-order valence-electron chi connectivity index (χ4n) is 2.22. The summed E-state index contributed by atoms with van der Waals surface area (Å²) in [4.78, 5) is 4.42. The number of likely N-dealkylation sites (N-methyl/N-ethyl adjacent to an activating group) is 1. The Hall–Kier alpha value is -1.87. The van der Waals surface area contributed by atoms with E-state index in [-0.39, 0.29) is 6.04 Å². The molecule has 0 amide bonds. The van der Waals surface area contributed by atoms with Gasteiger partial charge in [-0.15, -0.1) is 0 Å². The fraction of sp³-hybridized carbons (Fsp3) is 0.312. The van der Waals surface area contributed by atoms with E-state index in [9.17, 15) is 0 Å². The van der Waals surface area contributed by atoms with Gasteiger partial charge in [0.1, 0.15) is 5.75 Å². The van der Waals surface area contributed by atoms with Crippen LogP contribution < -0.4 is 10.1 Å². The van der Waals surface area contributed by atoms with E-state index in [1.807, 2.05) is 37.5 Å². The van der Waals surface area contributed by atoms with E-state index in [2.05, 4.69) is 29.4 Å². The third kappa shape index (κ3) is 3.32. The second-order valence-electron chi connectivity index (χ2n) is 4.62. The normalized spacial score (nSPS) is 12.2. The minimum Gasteiger partial charge on any atom is -0.496 e. The van der Waals surface area contributed by atoms with Crippen LogP contribution in [0.25, 0.3) is 0 Å². The first kappa shape index (κ1) is 13.6. The van der Waals surface area contributed by atoms with Gasteiger partial charge in [-0.1, -0.05) is 23.8 Å². The van der Waals surface area contributed by atoms with Gasteiger partial charge in [0.05, 0.1) is 18.8 Å². The van der Waals surface area contributed by atoms with E-state index in [0.29, 0.717) is 0 Å². The third-order valence-corrected chi connectivity index (χ3v) is 3.25. The Morgan fingerprint density at radius 3 is 2.74 bits per heavy atom. The number of nitrogens with one attached hydrogen (secondary N) is 1. The van der Waals surface area contributed by atoms with Crippen LogP contribution in [0.15, 0.2) is 42.6 Å². The maximum absolute atomic E-state index is 5.43. The predicted molar refractivity (Wildman–Crippen MR) is 77.5 cm³/mol. The highest BCUT2D eigenvalue weighted by Gasteiger charge is 2.14. The summed E-state index contributed by atoms with van der Waals surface area (Å²) in [5, 5.41) is 3.32. The van der Waals surface area contributed by atoms with Crippen LogP contribution in [-0.4, -0.2) is 19.1 Å². The molecule has 0 fully saturated rings. The van der Waals surface area contributed by atoms with Gasteiger partial charge < -0.3 is 10.1 Å². The van der Waals surface area contributed by atoms with Crippen molar-refractivity contribution in [2.75, 3.05) is 14.2 Å². The molecule has 1 atom stereocenters. The first-order chi connectivity index (χ1) is 9.24. The molecule has 2 aromatic rings. The lowest BCUT2D eigenvalue weighted by molar-refractivity contribution is 0.406. The molecule has 0 saturated heterocycles. The summed E-state index contributed by atoms with van der Waals surface area (Å²) in [6.45, 7) is 2.10. The van der Waals surface area contributed by atoms with Crippen LogP contribution in [0, 0.1) is 6.92 Å². The van der Waals surface area contributed by atoms with Gasteiger partial charge in [-0.05, 0) is 44.2 Å². The Balaban J connectivity index is 2.26. The van der Waals surface area contributed by atoms with E-state index in [1.165, 1.54) is 11.1 Å². The standard InChI is InChI=1S/C16H20N2O/c1-12-7-8-16(19-3)13(10-12)11-15(17-2)14-6-4-5-9-18-14/h4-10,15,17H,11H2,1-3H3. The van der Waals surface area contributed by atoms with E-state index >= 15 is 0 Å². The van der Waals surface area contributed by atoms with Crippen LogP contribution in [0.2, 0.25) is 0 Å². The number of rotatable bonds is 5. The fourth-order valence-corrected chi connectivity index (χ4v) is 2.22. The molecule has 0 aliphatic carbocycles. The van der Waals surface area contributed by atoms with Gasteiger partial charge in [-0.25, -0.2) is 0 Å². The van der Waals surface area contributed by atoms with E-state index < -0.39 is 0 Å². The smallest absolute Gasteiger partial charge is 0.122 e. The Kier molecular flexibility index (Phi) is 4.53. The maximum Gasteiger partial charge on any atom is 0.122 e. The minimum absolute atomic E-state index is 0.192. The number of aromatic nitrogens is 1. The molecule has 1 unspecified atom stereocenters. The summed E-state index contributed by atoms with van der Waals surface area (Å²) < 4.78 is 5.43. The Morgan fingerprint density at radius 2 is 2.11 bits per heavy atom. The van der Waals surface area contributed by atoms with Gasteiger partial charge in [-0.2, -0.15) is 0 Å². The molecule has 0 aliphatic rings. The number of hydrogen-bond acceptors (Lipinski definition) is 3. The molecular weight excluding hydrogens is 236 g/mol. The largest absolute Gasteiger partial charge is 0.496 e. The lowest BCUT2D eigenvalue weighted by Gasteiger charge is -2.17. The van der Waals surface area contributed by atoms with Crippen molar-refractivity contribution in [2.24, 2.45) is 0 Å². The average Bonchev–Trinajstić information content (AvgIpc) is 2.46. The molecule has 1 aromatic heterocycles. The van der Waals surface area contributed by atoms with Crippen molar-refractivity contribution >= 4 is 0 Å². The van der Waals surface area contributed by atoms with Crippen LogP contribution >= 0.6 is 0 Å².